The molecule has 1 heterocycles. The minimum absolute atomic E-state index is 0.348. The highest BCUT2D eigenvalue weighted by atomic mass is 32.1. The van der Waals surface area contributed by atoms with E-state index in [1.807, 2.05) is 42.2 Å². The highest BCUT2D eigenvalue weighted by Gasteiger charge is 2.10. The summed E-state index contributed by atoms with van der Waals surface area (Å²) in [7, 11) is 5.66. The van der Waals surface area contributed by atoms with Gasteiger partial charge in [0.2, 0.25) is 0 Å². The molecule has 0 aliphatic heterocycles. The van der Waals surface area contributed by atoms with Crippen molar-refractivity contribution in [3.05, 3.63) is 47.5 Å². The molecule has 112 valence electrons. The van der Waals surface area contributed by atoms with Gasteiger partial charge >= 0.3 is 0 Å². The average molecular weight is 304 g/mol. The van der Waals surface area contributed by atoms with E-state index in [-0.39, 0.29) is 0 Å². The van der Waals surface area contributed by atoms with Gasteiger partial charge in [-0.15, -0.1) is 0 Å². The van der Waals surface area contributed by atoms with E-state index in [1.165, 1.54) is 0 Å². The Balaban J connectivity index is 2.10. The average Bonchev–Trinajstić information content (AvgIpc) is 2.84. The first kappa shape index (κ1) is 15.5. The Kier molecular flexibility index (Phi) is 4.93. The molecule has 0 aliphatic carbocycles. The molecule has 0 fully saturated rings. The highest BCUT2D eigenvalue weighted by Crippen LogP contribution is 2.20. The van der Waals surface area contributed by atoms with Crippen LogP contribution in [0, 0.1) is 0 Å². The zero-order valence-electron chi connectivity index (χ0n) is 12.5. The third-order valence-electron chi connectivity index (χ3n) is 3.31. The van der Waals surface area contributed by atoms with Crippen molar-refractivity contribution in [3.8, 4) is 5.75 Å². The molecule has 0 saturated heterocycles. The normalized spacial score (nSPS) is 10.9. The molecule has 2 N–H and O–H groups in total. The smallest absolute Gasteiger partial charge is 0.129 e. The molecule has 21 heavy (non-hydrogen) atoms. The molecule has 0 unspecified atom stereocenters. The summed E-state index contributed by atoms with van der Waals surface area (Å²) >= 11 is 5.07. The van der Waals surface area contributed by atoms with E-state index in [0.29, 0.717) is 10.7 Å². The summed E-state index contributed by atoms with van der Waals surface area (Å²) in [6.07, 6.45) is 3.75. The first-order valence-corrected chi connectivity index (χ1v) is 7.03. The van der Waals surface area contributed by atoms with Gasteiger partial charge in [-0.25, -0.2) is 4.98 Å². The maximum atomic E-state index is 5.74. The molecule has 0 bridgehead atoms. The maximum absolute atomic E-state index is 5.74. The third-order valence-corrected chi connectivity index (χ3v) is 3.53. The van der Waals surface area contributed by atoms with Gasteiger partial charge in [0.05, 0.1) is 19.2 Å². The first-order chi connectivity index (χ1) is 10.0. The van der Waals surface area contributed by atoms with Gasteiger partial charge in [0.1, 0.15) is 16.6 Å². The SMILES string of the molecule is COc1ccc(CN(C)Cc2nccn2C)cc1C(N)=S. The number of hydrogen-bond acceptors (Lipinski definition) is 4. The predicted octanol–water partition coefficient (Wildman–Crippen LogP) is 1.69. The summed E-state index contributed by atoms with van der Waals surface area (Å²) < 4.78 is 7.29. The first-order valence-electron chi connectivity index (χ1n) is 6.62. The van der Waals surface area contributed by atoms with Crippen molar-refractivity contribution in [2.75, 3.05) is 14.2 Å². The van der Waals surface area contributed by atoms with Gasteiger partial charge in [-0.1, -0.05) is 18.3 Å². The van der Waals surface area contributed by atoms with E-state index in [0.717, 1.165) is 30.0 Å². The van der Waals surface area contributed by atoms with Gasteiger partial charge in [0.15, 0.2) is 0 Å². The lowest BCUT2D eigenvalue weighted by molar-refractivity contribution is 0.307. The standard InChI is InChI=1S/C15H20N4OS/c1-18(10-14-17-6-7-19(14)2)9-11-4-5-13(20-3)12(8-11)15(16)21/h4-8H,9-10H2,1-3H3,(H2,16,21). The molecule has 0 saturated carbocycles. The van der Waals surface area contributed by atoms with E-state index in [1.54, 1.807) is 7.11 Å². The Morgan fingerprint density at radius 3 is 2.76 bits per heavy atom. The van der Waals surface area contributed by atoms with Crippen LogP contribution in [0.3, 0.4) is 0 Å². The molecule has 0 spiro atoms. The van der Waals surface area contributed by atoms with Gasteiger partial charge in [0, 0.05) is 26.0 Å². The van der Waals surface area contributed by atoms with Crippen molar-refractivity contribution in [1.29, 1.82) is 0 Å². The Morgan fingerprint density at radius 2 is 2.19 bits per heavy atom. The van der Waals surface area contributed by atoms with E-state index < -0.39 is 0 Å². The molecule has 6 heteroatoms. The number of aromatic nitrogens is 2. The van der Waals surface area contributed by atoms with Crippen LogP contribution in [0.1, 0.15) is 17.0 Å². The van der Waals surface area contributed by atoms with Crippen molar-refractivity contribution in [2.24, 2.45) is 12.8 Å². The van der Waals surface area contributed by atoms with Gasteiger partial charge in [-0.3, -0.25) is 4.90 Å². The van der Waals surface area contributed by atoms with Crippen LogP contribution in [-0.4, -0.2) is 33.6 Å². The minimum Gasteiger partial charge on any atom is -0.496 e. The summed E-state index contributed by atoms with van der Waals surface area (Å²) in [4.78, 5) is 6.87. The second-order valence-corrected chi connectivity index (χ2v) is 5.47. The molecule has 0 aliphatic rings. The van der Waals surface area contributed by atoms with Gasteiger partial charge < -0.3 is 15.0 Å². The zero-order valence-corrected chi connectivity index (χ0v) is 13.4. The number of nitrogens with zero attached hydrogens (tertiary/aromatic N) is 3. The Hall–Kier alpha value is -1.92. The van der Waals surface area contributed by atoms with E-state index >= 15 is 0 Å². The molecular weight excluding hydrogens is 284 g/mol. The lowest BCUT2D eigenvalue weighted by Crippen LogP contribution is -2.20. The highest BCUT2D eigenvalue weighted by molar-refractivity contribution is 7.80. The minimum atomic E-state index is 0.348. The number of aryl methyl sites for hydroxylation is 1. The fourth-order valence-corrected chi connectivity index (χ4v) is 2.36. The third kappa shape index (κ3) is 3.80. The summed E-state index contributed by atoms with van der Waals surface area (Å²) in [6.45, 7) is 1.56. The van der Waals surface area contributed by atoms with Crippen molar-refractivity contribution in [1.82, 2.24) is 14.5 Å². The second-order valence-electron chi connectivity index (χ2n) is 5.03. The lowest BCUT2D eigenvalue weighted by Gasteiger charge is -2.17. The molecule has 5 nitrogen and oxygen atoms in total. The van der Waals surface area contributed by atoms with Crippen LogP contribution in [-0.2, 0) is 20.1 Å². The molecule has 2 rings (SSSR count). The van der Waals surface area contributed by atoms with E-state index in [9.17, 15) is 0 Å². The Bertz CT molecular complexity index is 638. The topological polar surface area (TPSA) is 56.3 Å². The molecule has 1 aromatic heterocycles. The summed E-state index contributed by atoms with van der Waals surface area (Å²) in [6, 6.07) is 5.91. The number of rotatable bonds is 6. The largest absolute Gasteiger partial charge is 0.496 e. The van der Waals surface area contributed by atoms with Gasteiger partial charge in [0.25, 0.3) is 0 Å². The number of ether oxygens (including phenoxy) is 1. The van der Waals surface area contributed by atoms with Crippen LogP contribution in [0.5, 0.6) is 5.75 Å². The number of hydrogen-bond donors (Lipinski definition) is 1. The Labute approximate surface area is 130 Å². The number of methoxy groups -OCH3 is 1. The van der Waals surface area contributed by atoms with E-state index in [2.05, 4.69) is 16.9 Å². The van der Waals surface area contributed by atoms with Crippen molar-refractivity contribution in [2.45, 2.75) is 13.1 Å². The predicted molar refractivity (Wildman–Crippen MR) is 87.3 cm³/mol. The van der Waals surface area contributed by atoms with E-state index in [4.69, 9.17) is 22.7 Å². The number of thiocarbonyl (C=S) groups is 1. The van der Waals surface area contributed by atoms with Gasteiger partial charge in [-0.05, 0) is 24.7 Å². The lowest BCUT2D eigenvalue weighted by atomic mass is 10.1. The molecule has 2 aromatic rings. The number of benzene rings is 1. The second kappa shape index (κ2) is 6.69. The summed E-state index contributed by atoms with van der Waals surface area (Å²) in [5.41, 5.74) is 7.65. The van der Waals surface area contributed by atoms with Crippen molar-refractivity contribution >= 4 is 17.2 Å². The van der Waals surface area contributed by atoms with Crippen LogP contribution in [0.4, 0.5) is 0 Å². The van der Waals surface area contributed by atoms with Crippen LogP contribution >= 0.6 is 12.2 Å². The number of nitrogens with two attached hydrogens (primary N) is 1. The fourth-order valence-electron chi connectivity index (χ4n) is 2.20. The van der Waals surface area contributed by atoms with Crippen molar-refractivity contribution < 1.29 is 4.74 Å². The molecule has 1 aromatic carbocycles. The summed E-state index contributed by atoms with van der Waals surface area (Å²) in [5, 5.41) is 0. The molecule has 0 amide bonds. The fraction of sp³-hybridized carbons (Fsp3) is 0.333. The van der Waals surface area contributed by atoms with Gasteiger partial charge in [-0.2, -0.15) is 0 Å². The molecule has 0 radical (unpaired) electrons. The summed E-state index contributed by atoms with van der Waals surface area (Å²) in [5.74, 6) is 1.73. The molecule has 0 atom stereocenters. The monoisotopic (exact) mass is 304 g/mol. The van der Waals surface area contributed by atoms with Crippen molar-refractivity contribution in [3.63, 3.8) is 0 Å². The number of imidazole rings is 1. The van der Waals surface area contributed by atoms with Crippen LogP contribution in [0.25, 0.3) is 0 Å². The van der Waals surface area contributed by atoms with Crippen LogP contribution < -0.4 is 10.5 Å². The zero-order chi connectivity index (χ0) is 15.4. The van der Waals surface area contributed by atoms with Crippen LogP contribution in [0.15, 0.2) is 30.6 Å². The Morgan fingerprint density at radius 1 is 1.43 bits per heavy atom. The quantitative estimate of drug-likeness (QED) is 0.823. The maximum Gasteiger partial charge on any atom is 0.129 e. The van der Waals surface area contributed by atoms with Crippen LogP contribution in [0.2, 0.25) is 0 Å². The molecular formula is C15H20N4OS.